The lowest BCUT2D eigenvalue weighted by Gasteiger charge is -2.19. The first kappa shape index (κ1) is 18.9. The first-order valence-electron chi connectivity index (χ1n) is 8.24. The third kappa shape index (κ3) is 4.35. The van der Waals surface area contributed by atoms with Crippen LogP contribution in [0.2, 0.25) is 0 Å². The summed E-state index contributed by atoms with van der Waals surface area (Å²) in [4.78, 5) is 18.4. The van der Waals surface area contributed by atoms with E-state index in [0.717, 1.165) is 37.3 Å². The molecule has 1 saturated heterocycles. The van der Waals surface area contributed by atoms with Crippen molar-refractivity contribution in [2.45, 2.75) is 45.7 Å². The minimum Gasteiger partial charge on any atom is -0.312 e. The smallest absolute Gasteiger partial charge is 0.227 e. The van der Waals surface area contributed by atoms with E-state index in [-0.39, 0.29) is 24.4 Å². The van der Waals surface area contributed by atoms with Gasteiger partial charge in [0.25, 0.3) is 0 Å². The van der Waals surface area contributed by atoms with Crippen LogP contribution in [0.5, 0.6) is 0 Å². The summed E-state index contributed by atoms with van der Waals surface area (Å²) in [6.45, 7) is 5.88. The highest BCUT2D eigenvalue weighted by Crippen LogP contribution is 2.25. The highest BCUT2D eigenvalue weighted by atomic mass is 35.5. The number of thiazole rings is 1. The van der Waals surface area contributed by atoms with Crippen LogP contribution in [-0.4, -0.2) is 17.4 Å². The van der Waals surface area contributed by atoms with Crippen molar-refractivity contribution in [2.24, 2.45) is 0 Å². The number of aromatic nitrogens is 1. The van der Waals surface area contributed by atoms with Crippen LogP contribution in [-0.2, 0) is 17.8 Å². The second kappa shape index (κ2) is 8.60. The Hall–Kier alpha value is -1.43. The number of anilines is 1. The minimum absolute atomic E-state index is 0. The van der Waals surface area contributed by atoms with E-state index in [4.69, 9.17) is 0 Å². The fourth-order valence-corrected chi connectivity index (χ4v) is 3.60. The lowest BCUT2D eigenvalue weighted by Crippen LogP contribution is -2.24. The molecule has 1 N–H and O–H groups in total. The largest absolute Gasteiger partial charge is 0.312 e. The van der Waals surface area contributed by atoms with E-state index < -0.39 is 0 Å². The Balaban J connectivity index is 0.00000208. The number of aryl methyl sites for hydroxylation is 1. The highest BCUT2D eigenvalue weighted by Gasteiger charge is 2.22. The fourth-order valence-electron chi connectivity index (χ4n) is 2.85. The van der Waals surface area contributed by atoms with Crippen LogP contribution >= 0.6 is 23.7 Å². The number of carbonyl (C=O) groups is 1. The summed E-state index contributed by atoms with van der Waals surface area (Å²) >= 11 is 1.72. The fraction of sp³-hybridized carbons (Fsp3) is 0.444. The van der Waals surface area contributed by atoms with Gasteiger partial charge >= 0.3 is 0 Å². The molecular formula is C18H24ClN3OS. The Morgan fingerprint density at radius 1 is 1.42 bits per heavy atom. The van der Waals surface area contributed by atoms with Gasteiger partial charge in [-0.05, 0) is 37.5 Å². The van der Waals surface area contributed by atoms with Crippen molar-refractivity contribution < 1.29 is 4.79 Å². The maximum absolute atomic E-state index is 11.9. The number of amides is 1. The predicted octanol–water partition coefficient (Wildman–Crippen LogP) is 4.10. The average molecular weight is 366 g/mol. The van der Waals surface area contributed by atoms with Gasteiger partial charge in [0, 0.05) is 36.6 Å². The van der Waals surface area contributed by atoms with Gasteiger partial charge in [-0.3, -0.25) is 4.79 Å². The molecule has 1 unspecified atom stereocenters. The second-order valence-corrected chi connectivity index (χ2v) is 6.88. The summed E-state index contributed by atoms with van der Waals surface area (Å²) in [7, 11) is 0. The van der Waals surface area contributed by atoms with Crippen LogP contribution in [0.25, 0.3) is 0 Å². The quantitative estimate of drug-likeness (QED) is 0.838. The van der Waals surface area contributed by atoms with Crippen LogP contribution < -0.4 is 10.2 Å². The summed E-state index contributed by atoms with van der Waals surface area (Å²) in [6.07, 6.45) is 2.62. The standard InChI is InChI=1S/C18H23N3OS.ClH/c1-3-17-20-15(12-23-17)11-19-13(2)14-6-4-7-16(10-14)21-9-5-8-18(21)22;/h4,6-7,10,12-13,19H,3,5,8-9,11H2,1-2H3;1H. The number of carbonyl (C=O) groups excluding carboxylic acids is 1. The van der Waals surface area contributed by atoms with Crippen molar-refractivity contribution in [1.29, 1.82) is 0 Å². The molecule has 1 aromatic heterocycles. The van der Waals surface area contributed by atoms with Crippen molar-refractivity contribution in [3.63, 3.8) is 0 Å². The van der Waals surface area contributed by atoms with E-state index in [9.17, 15) is 4.79 Å². The summed E-state index contributed by atoms with van der Waals surface area (Å²) in [5, 5.41) is 6.83. The first-order valence-corrected chi connectivity index (χ1v) is 9.12. The van der Waals surface area contributed by atoms with Crippen LogP contribution in [0.4, 0.5) is 5.69 Å². The monoisotopic (exact) mass is 365 g/mol. The Bertz CT molecular complexity index is 688. The third-order valence-electron chi connectivity index (χ3n) is 4.25. The molecule has 1 aromatic carbocycles. The number of rotatable bonds is 6. The molecule has 0 saturated carbocycles. The lowest BCUT2D eigenvalue weighted by atomic mass is 10.1. The van der Waals surface area contributed by atoms with E-state index in [1.54, 1.807) is 11.3 Å². The maximum atomic E-state index is 11.9. The zero-order chi connectivity index (χ0) is 16.2. The zero-order valence-corrected chi connectivity index (χ0v) is 15.8. The van der Waals surface area contributed by atoms with Crippen molar-refractivity contribution >= 4 is 35.3 Å². The molecule has 0 bridgehead atoms. The summed E-state index contributed by atoms with van der Waals surface area (Å²) < 4.78 is 0. The Labute approximate surface area is 153 Å². The Morgan fingerprint density at radius 3 is 2.92 bits per heavy atom. The molecule has 130 valence electrons. The molecule has 0 spiro atoms. The van der Waals surface area contributed by atoms with Gasteiger partial charge < -0.3 is 10.2 Å². The van der Waals surface area contributed by atoms with E-state index in [0.29, 0.717) is 6.42 Å². The summed E-state index contributed by atoms with van der Waals surface area (Å²) in [5.41, 5.74) is 3.32. The van der Waals surface area contributed by atoms with Crippen molar-refractivity contribution in [3.8, 4) is 0 Å². The van der Waals surface area contributed by atoms with Crippen molar-refractivity contribution in [3.05, 3.63) is 45.9 Å². The van der Waals surface area contributed by atoms with E-state index in [1.165, 1.54) is 10.6 Å². The van der Waals surface area contributed by atoms with Crippen molar-refractivity contribution in [2.75, 3.05) is 11.4 Å². The van der Waals surface area contributed by atoms with Crippen LogP contribution in [0.3, 0.4) is 0 Å². The molecule has 2 heterocycles. The predicted molar refractivity (Wildman–Crippen MR) is 102 cm³/mol. The third-order valence-corrected chi connectivity index (χ3v) is 5.29. The van der Waals surface area contributed by atoms with Gasteiger partial charge in [0.15, 0.2) is 0 Å². The van der Waals surface area contributed by atoms with Gasteiger partial charge in [0.2, 0.25) is 5.91 Å². The molecule has 4 nitrogen and oxygen atoms in total. The molecule has 2 aromatic rings. The summed E-state index contributed by atoms with van der Waals surface area (Å²) in [5.74, 6) is 0.234. The highest BCUT2D eigenvalue weighted by molar-refractivity contribution is 7.09. The number of nitrogens with zero attached hydrogens (tertiary/aromatic N) is 2. The van der Waals surface area contributed by atoms with E-state index in [1.807, 2.05) is 17.0 Å². The normalized spacial score (nSPS) is 15.4. The molecule has 3 rings (SSSR count). The molecule has 1 aliphatic rings. The number of hydrogen-bond donors (Lipinski definition) is 1. The van der Waals surface area contributed by atoms with Gasteiger partial charge in [-0.2, -0.15) is 0 Å². The second-order valence-electron chi connectivity index (χ2n) is 5.93. The molecule has 1 aliphatic heterocycles. The van der Waals surface area contributed by atoms with Crippen LogP contribution in [0.1, 0.15) is 49.0 Å². The van der Waals surface area contributed by atoms with Gasteiger partial charge in [0.05, 0.1) is 10.7 Å². The van der Waals surface area contributed by atoms with Crippen molar-refractivity contribution in [1.82, 2.24) is 10.3 Å². The van der Waals surface area contributed by atoms with Gasteiger partial charge in [0.1, 0.15) is 0 Å². The zero-order valence-electron chi connectivity index (χ0n) is 14.1. The maximum Gasteiger partial charge on any atom is 0.227 e. The Kier molecular flexibility index (Phi) is 6.78. The van der Waals surface area contributed by atoms with E-state index >= 15 is 0 Å². The lowest BCUT2D eigenvalue weighted by molar-refractivity contribution is -0.117. The number of benzene rings is 1. The van der Waals surface area contributed by atoms with Gasteiger partial charge in [-0.25, -0.2) is 4.98 Å². The van der Waals surface area contributed by atoms with Gasteiger partial charge in [-0.1, -0.05) is 19.1 Å². The molecule has 24 heavy (non-hydrogen) atoms. The summed E-state index contributed by atoms with van der Waals surface area (Å²) in [6, 6.07) is 8.51. The molecule has 1 atom stereocenters. The molecule has 1 amide bonds. The first-order chi connectivity index (χ1) is 11.2. The van der Waals surface area contributed by atoms with Gasteiger partial charge in [-0.15, -0.1) is 23.7 Å². The average Bonchev–Trinajstić information content (AvgIpc) is 3.21. The SMILES string of the molecule is CCc1nc(CNC(C)c2cccc(N3CCCC3=O)c2)cs1.Cl. The molecular weight excluding hydrogens is 342 g/mol. The number of nitrogens with one attached hydrogen (secondary N) is 1. The molecule has 0 aliphatic carbocycles. The van der Waals surface area contributed by atoms with Crippen LogP contribution in [0, 0.1) is 0 Å². The number of hydrogen-bond acceptors (Lipinski definition) is 4. The minimum atomic E-state index is 0. The van der Waals surface area contributed by atoms with E-state index in [2.05, 4.69) is 41.7 Å². The number of halogens is 1. The molecule has 1 fully saturated rings. The molecule has 0 radical (unpaired) electrons. The Morgan fingerprint density at radius 2 is 2.25 bits per heavy atom. The van der Waals surface area contributed by atoms with Crippen LogP contribution in [0.15, 0.2) is 29.6 Å². The molecule has 6 heteroatoms. The topological polar surface area (TPSA) is 45.2 Å².